The van der Waals surface area contributed by atoms with Crippen molar-refractivity contribution in [2.45, 2.75) is 13.5 Å². The van der Waals surface area contributed by atoms with Crippen molar-refractivity contribution in [2.24, 2.45) is 0 Å². The normalized spacial score (nSPS) is 10.4. The molecule has 6 nitrogen and oxygen atoms in total. The van der Waals surface area contributed by atoms with Crippen molar-refractivity contribution < 1.29 is 24.2 Å². The molecule has 2 aromatic rings. The number of carbonyl (C=O) groups is 2. The summed E-state index contributed by atoms with van der Waals surface area (Å²) in [6.45, 7) is 1.54. The predicted molar refractivity (Wildman–Crippen MR) is 74.7 cm³/mol. The van der Waals surface area contributed by atoms with E-state index in [1.54, 1.807) is 0 Å². The molecular formula is C14H12ClNO5. The highest BCUT2D eigenvalue weighted by atomic mass is 35.5. The molecule has 0 aliphatic heterocycles. The van der Waals surface area contributed by atoms with Crippen LogP contribution in [0, 0.1) is 6.92 Å². The van der Waals surface area contributed by atoms with E-state index in [0.717, 1.165) is 0 Å². The van der Waals surface area contributed by atoms with Gasteiger partial charge in [-0.1, -0.05) is 11.6 Å². The summed E-state index contributed by atoms with van der Waals surface area (Å²) in [7, 11) is 0. The van der Waals surface area contributed by atoms with Crippen LogP contribution in [0.15, 0.2) is 28.7 Å². The number of carboxylic acids is 1. The second-order valence-electron chi connectivity index (χ2n) is 4.33. The Balaban J connectivity index is 2.09. The summed E-state index contributed by atoms with van der Waals surface area (Å²) in [5.41, 5.74) is 0.174. The summed E-state index contributed by atoms with van der Waals surface area (Å²) >= 11 is 5.87. The molecule has 0 unspecified atom stereocenters. The Kier molecular flexibility index (Phi) is 4.18. The molecule has 1 amide bonds. The van der Waals surface area contributed by atoms with E-state index in [1.165, 1.54) is 31.2 Å². The van der Waals surface area contributed by atoms with Gasteiger partial charge < -0.3 is 19.9 Å². The maximum absolute atomic E-state index is 12.0. The fraction of sp³-hybridized carbons (Fsp3) is 0.143. The molecule has 7 heteroatoms. The number of halogens is 1. The molecule has 2 rings (SSSR count). The number of furan rings is 1. The van der Waals surface area contributed by atoms with Gasteiger partial charge in [-0.05, 0) is 31.2 Å². The van der Waals surface area contributed by atoms with E-state index >= 15 is 0 Å². The highest BCUT2D eigenvalue weighted by Gasteiger charge is 2.15. The lowest BCUT2D eigenvalue weighted by Crippen LogP contribution is -2.22. The number of carboxylic acid groups (broad SMARTS) is 1. The van der Waals surface area contributed by atoms with Gasteiger partial charge in [-0.25, -0.2) is 4.79 Å². The van der Waals surface area contributed by atoms with Crippen molar-refractivity contribution in [3.63, 3.8) is 0 Å². The number of aromatic hydroxyl groups is 1. The third-order valence-electron chi connectivity index (χ3n) is 2.82. The van der Waals surface area contributed by atoms with E-state index in [9.17, 15) is 14.7 Å². The number of benzene rings is 1. The van der Waals surface area contributed by atoms with Crippen molar-refractivity contribution >= 4 is 23.5 Å². The Morgan fingerprint density at radius 3 is 2.62 bits per heavy atom. The van der Waals surface area contributed by atoms with Gasteiger partial charge in [0, 0.05) is 0 Å². The number of nitrogens with one attached hydrogen (secondary N) is 1. The van der Waals surface area contributed by atoms with Crippen molar-refractivity contribution in [2.75, 3.05) is 0 Å². The lowest BCUT2D eigenvalue weighted by molar-refractivity contribution is 0.0694. The van der Waals surface area contributed by atoms with Gasteiger partial charge >= 0.3 is 5.97 Å². The average Bonchev–Trinajstić information content (AvgIpc) is 2.80. The largest absolute Gasteiger partial charge is 0.508 e. The Morgan fingerprint density at radius 1 is 1.29 bits per heavy atom. The zero-order valence-corrected chi connectivity index (χ0v) is 11.8. The topological polar surface area (TPSA) is 99.8 Å². The highest BCUT2D eigenvalue weighted by Crippen LogP contribution is 2.21. The molecule has 1 aromatic carbocycles. The van der Waals surface area contributed by atoms with Crippen molar-refractivity contribution in [3.05, 3.63) is 51.9 Å². The summed E-state index contributed by atoms with van der Waals surface area (Å²) in [6.07, 6.45) is 0. The monoisotopic (exact) mass is 309 g/mol. The van der Waals surface area contributed by atoms with Gasteiger partial charge in [0.05, 0.1) is 17.1 Å². The van der Waals surface area contributed by atoms with Gasteiger partial charge in [0.25, 0.3) is 5.91 Å². The van der Waals surface area contributed by atoms with Gasteiger partial charge in [-0.2, -0.15) is 0 Å². The zero-order chi connectivity index (χ0) is 15.6. The van der Waals surface area contributed by atoms with E-state index in [0.29, 0.717) is 5.76 Å². The molecule has 0 saturated heterocycles. The highest BCUT2D eigenvalue weighted by molar-refractivity contribution is 6.33. The fourth-order valence-electron chi connectivity index (χ4n) is 1.79. The Morgan fingerprint density at radius 2 is 2.00 bits per heavy atom. The Labute approximate surface area is 125 Å². The number of amides is 1. The summed E-state index contributed by atoms with van der Waals surface area (Å²) < 4.78 is 5.24. The fourth-order valence-corrected chi connectivity index (χ4v) is 2.00. The molecule has 0 saturated carbocycles. The molecule has 110 valence electrons. The van der Waals surface area contributed by atoms with Gasteiger partial charge in [-0.3, -0.25) is 4.79 Å². The van der Waals surface area contributed by atoms with Crippen LogP contribution in [0.25, 0.3) is 0 Å². The van der Waals surface area contributed by atoms with E-state index in [-0.39, 0.29) is 34.2 Å². The van der Waals surface area contributed by atoms with Crippen LogP contribution in [0.1, 0.15) is 32.2 Å². The number of rotatable bonds is 4. The van der Waals surface area contributed by atoms with Crippen molar-refractivity contribution in [1.29, 1.82) is 0 Å². The number of aryl methyl sites for hydroxylation is 1. The first-order chi connectivity index (χ1) is 9.88. The second-order valence-corrected chi connectivity index (χ2v) is 4.74. The van der Waals surface area contributed by atoms with Crippen LogP contribution in [0.2, 0.25) is 5.02 Å². The number of phenols is 1. The molecule has 0 spiro atoms. The predicted octanol–water partition coefficient (Wildman–Crippen LogP) is 2.58. The quantitative estimate of drug-likeness (QED) is 0.806. The van der Waals surface area contributed by atoms with E-state index in [1.807, 2.05) is 0 Å². The first kappa shape index (κ1) is 14.9. The lowest BCUT2D eigenvalue weighted by Gasteiger charge is -2.05. The standard InChI is InChI=1S/C14H12ClNO5/c1-7-10(14(19)20)5-9(21-7)6-16-13(18)11-4-8(17)2-3-12(11)15/h2-5,17H,6H2,1H3,(H,16,18)(H,19,20). The van der Waals surface area contributed by atoms with Crippen LogP contribution < -0.4 is 5.32 Å². The van der Waals surface area contributed by atoms with Crippen LogP contribution in [0.4, 0.5) is 0 Å². The minimum atomic E-state index is -1.09. The zero-order valence-electron chi connectivity index (χ0n) is 11.0. The SMILES string of the molecule is Cc1oc(CNC(=O)c2cc(O)ccc2Cl)cc1C(=O)O. The molecular weight excluding hydrogens is 298 g/mol. The second kappa shape index (κ2) is 5.88. The van der Waals surface area contributed by atoms with Gasteiger partial charge in [0.2, 0.25) is 0 Å². The van der Waals surface area contributed by atoms with E-state index in [2.05, 4.69) is 5.32 Å². The molecule has 0 bridgehead atoms. The van der Waals surface area contributed by atoms with E-state index < -0.39 is 11.9 Å². The summed E-state index contributed by atoms with van der Waals surface area (Å²) in [4.78, 5) is 22.8. The van der Waals surface area contributed by atoms with Crippen LogP contribution in [-0.4, -0.2) is 22.1 Å². The summed E-state index contributed by atoms with van der Waals surface area (Å²) in [6, 6.07) is 5.37. The minimum absolute atomic E-state index is 0.0128. The summed E-state index contributed by atoms with van der Waals surface area (Å²) in [5.74, 6) is -1.09. The molecule has 0 aliphatic rings. The molecule has 0 atom stereocenters. The molecule has 0 radical (unpaired) electrons. The summed E-state index contributed by atoms with van der Waals surface area (Å²) in [5, 5.41) is 21.0. The Hall–Kier alpha value is -2.47. The molecule has 0 aliphatic carbocycles. The third-order valence-corrected chi connectivity index (χ3v) is 3.15. The van der Waals surface area contributed by atoms with Crippen LogP contribution in [0.5, 0.6) is 5.75 Å². The average molecular weight is 310 g/mol. The van der Waals surface area contributed by atoms with Crippen LogP contribution in [-0.2, 0) is 6.54 Å². The van der Waals surface area contributed by atoms with Gasteiger partial charge in [-0.15, -0.1) is 0 Å². The maximum Gasteiger partial charge on any atom is 0.339 e. The lowest BCUT2D eigenvalue weighted by atomic mass is 10.2. The van der Waals surface area contributed by atoms with Crippen molar-refractivity contribution in [3.8, 4) is 5.75 Å². The number of hydrogen-bond donors (Lipinski definition) is 3. The minimum Gasteiger partial charge on any atom is -0.508 e. The molecule has 1 aromatic heterocycles. The van der Waals surface area contributed by atoms with Crippen molar-refractivity contribution in [1.82, 2.24) is 5.32 Å². The first-order valence-corrected chi connectivity index (χ1v) is 6.35. The van der Waals surface area contributed by atoms with Gasteiger partial charge in [0.15, 0.2) is 0 Å². The first-order valence-electron chi connectivity index (χ1n) is 5.98. The maximum atomic E-state index is 12.0. The van der Waals surface area contributed by atoms with Crippen LogP contribution in [0.3, 0.4) is 0 Å². The van der Waals surface area contributed by atoms with E-state index in [4.69, 9.17) is 21.1 Å². The third kappa shape index (κ3) is 3.35. The molecule has 1 heterocycles. The van der Waals surface area contributed by atoms with Crippen LogP contribution >= 0.6 is 11.6 Å². The number of aromatic carboxylic acids is 1. The number of phenolic OH excluding ortho intramolecular Hbond substituents is 1. The number of carbonyl (C=O) groups excluding carboxylic acids is 1. The molecule has 3 N–H and O–H groups in total. The number of hydrogen-bond acceptors (Lipinski definition) is 4. The smallest absolute Gasteiger partial charge is 0.339 e. The van der Waals surface area contributed by atoms with Gasteiger partial charge in [0.1, 0.15) is 22.8 Å². The molecule has 21 heavy (non-hydrogen) atoms. The Bertz CT molecular complexity index is 707. The molecule has 0 fully saturated rings.